The van der Waals surface area contributed by atoms with Crippen LogP contribution in [0.3, 0.4) is 0 Å². The molecule has 1 aromatic heterocycles. The van der Waals surface area contributed by atoms with E-state index in [1.54, 1.807) is 32.4 Å². The molecule has 0 aromatic carbocycles. The minimum Gasteiger partial charge on any atom is -0.464 e. The maximum absolute atomic E-state index is 12.2. The maximum atomic E-state index is 12.2. The van der Waals surface area contributed by atoms with Crippen LogP contribution in [0.25, 0.3) is 0 Å². The van der Waals surface area contributed by atoms with E-state index in [4.69, 9.17) is 4.74 Å². The molecule has 1 unspecified atom stereocenters. The van der Waals surface area contributed by atoms with E-state index in [0.29, 0.717) is 18.4 Å². The molecule has 0 fully saturated rings. The number of aromatic nitrogens is 1. The highest BCUT2D eigenvalue weighted by atomic mass is 16.5. The number of H-pyrrole nitrogens is 1. The first-order chi connectivity index (χ1) is 11.8. The quantitative estimate of drug-likeness (QED) is 0.749. The summed E-state index contributed by atoms with van der Waals surface area (Å²) in [7, 11) is 4.50. The highest BCUT2D eigenvalue weighted by molar-refractivity contribution is 6.01. The highest BCUT2D eigenvalue weighted by Crippen LogP contribution is 2.31. The van der Waals surface area contributed by atoms with E-state index in [1.165, 1.54) is 18.2 Å². The second-order valence-corrected chi connectivity index (χ2v) is 5.91. The van der Waals surface area contributed by atoms with Crippen LogP contribution in [0.15, 0.2) is 29.0 Å². The van der Waals surface area contributed by atoms with Gasteiger partial charge in [-0.1, -0.05) is 6.92 Å². The van der Waals surface area contributed by atoms with Gasteiger partial charge in [0, 0.05) is 38.5 Å². The molecule has 0 radical (unpaired) electrons. The van der Waals surface area contributed by atoms with Crippen molar-refractivity contribution in [1.29, 1.82) is 0 Å². The van der Waals surface area contributed by atoms with Crippen molar-refractivity contribution in [2.75, 3.05) is 21.2 Å². The third-order valence-electron chi connectivity index (χ3n) is 3.80. The first kappa shape index (κ1) is 18.4. The van der Waals surface area contributed by atoms with Crippen molar-refractivity contribution < 1.29 is 19.1 Å². The van der Waals surface area contributed by atoms with Gasteiger partial charge < -0.3 is 19.9 Å². The summed E-state index contributed by atoms with van der Waals surface area (Å²) in [5.41, 5.74) is -0.329. The molecule has 1 aliphatic heterocycles. The molecular weight excluding hydrogens is 324 g/mol. The number of ether oxygens (including phenoxy) is 1. The number of methoxy groups -OCH3 is 1. The van der Waals surface area contributed by atoms with Gasteiger partial charge in [0.05, 0.1) is 7.11 Å². The molecule has 134 valence electrons. The fourth-order valence-electron chi connectivity index (χ4n) is 2.60. The molecule has 1 atom stereocenters. The van der Waals surface area contributed by atoms with Crippen LogP contribution >= 0.6 is 0 Å². The van der Waals surface area contributed by atoms with Crippen LogP contribution in [-0.4, -0.2) is 55.1 Å². The fraction of sp³-hybridized carbons (Fsp3) is 0.412. The third kappa shape index (κ3) is 3.62. The van der Waals surface area contributed by atoms with Crippen LogP contribution in [-0.2, 0) is 19.9 Å². The van der Waals surface area contributed by atoms with E-state index in [2.05, 4.69) is 15.3 Å². The molecule has 8 nitrogen and oxygen atoms in total. The molecule has 0 saturated heterocycles. The van der Waals surface area contributed by atoms with Gasteiger partial charge in [0.2, 0.25) is 5.91 Å². The van der Waals surface area contributed by atoms with Gasteiger partial charge in [0.25, 0.3) is 5.91 Å². The summed E-state index contributed by atoms with van der Waals surface area (Å²) in [6.07, 6.45) is 5.58. The Balaban J connectivity index is 2.51. The molecule has 0 aliphatic carbocycles. The Morgan fingerprint density at radius 2 is 2.08 bits per heavy atom. The average Bonchev–Trinajstić information content (AvgIpc) is 3.21. The number of rotatable bonds is 6. The first-order valence-corrected chi connectivity index (χ1v) is 7.91. The lowest BCUT2D eigenvalue weighted by atomic mass is 9.90. The van der Waals surface area contributed by atoms with Crippen molar-refractivity contribution >= 4 is 24.0 Å². The van der Waals surface area contributed by atoms with E-state index in [1.807, 2.05) is 6.92 Å². The van der Waals surface area contributed by atoms with Crippen LogP contribution in [0.2, 0.25) is 0 Å². The molecule has 25 heavy (non-hydrogen) atoms. The largest absolute Gasteiger partial charge is 0.464 e. The Bertz CT molecular complexity index is 748. The Morgan fingerprint density at radius 1 is 1.36 bits per heavy atom. The lowest BCUT2D eigenvalue weighted by Crippen LogP contribution is -2.45. The molecule has 0 spiro atoms. The minimum absolute atomic E-state index is 0.193. The number of nitrogens with zero attached hydrogens (tertiary/aromatic N) is 2. The number of aromatic amines is 1. The number of carbonyl (C=O) groups excluding carboxylic acids is 3. The molecule has 8 heteroatoms. The summed E-state index contributed by atoms with van der Waals surface area (Å²) in [4.78, 5) is 44.9. The predicted octanol–water partition coefficient (Wildman–Crippen LogP) is 0.969. The van der Waals surface area contributed by atoms with Crippen molar-refractivity contribution in [3.8, 4) is 0 Å². The average molecular weight is 346 g/mol. The van der Waals surface area contributed by atoms with E-state index in [0.717, 1.165) is 0 Å². The van der Waals surface area contributed by atoms with Gasteiger partial charge >= 0.3 is 5.97 Å². The summed E-state index contributed by atoms with van der Waals surface area (Å²) in [5.74, 6) is -1.07. The number of hydrogen-bond acceptors (Lipinski definition) is 5. The Labute approximate surface area is 145 Å². The smallest absolute Gasteiger partial charge is 0.354 e. The highest BCUT2D eigenvalue weighted by Gasteiger charge is 2.39. The Kier molecular flexibility index (Phi) is 5.41. The first-order valence-electron chi connectivity index (χ1n) is 7.91. The van der Waals surface area contributed by atoms with Crippen molar-refractivity contribution in [3.05, 3.63) is 35.3 Å². The number of carbonyl (C=O) groups is 3. The van der Waals surface area contributed by atoms with E-state index in [-0.39, 0.29) is 23.2 Å². The lowest BCUT2D eigenvalue weighted by Gasteiger charge is -2.26. The summed E-state index contributed by atoms with van der Waals surface area (Å²) in [6.45, 7) is 1.89. The van der Waals surface area contributed by atoms with Crippen LogP contribution in [0.4, 0.5) is 0 Å². The Hall–Kier alpha value is -2.90. The molecular formula is C17H22N4O4. The number of likely N-dealkylation sites (N-methyl/N-ethyl adjacent to an activating group) is 1. The standard InChI is InChI=1S/C17H22N4O4/c1-5-6-13(22)20-17(9-12(19-10-17)15(23)21(2)3)11-7-8-18-14(11)16(24)25-4/h7-10,18H,5-6H2,1-4H3,(H,20,22). The van der Waals surface area contributed by atoms with E-state index in [9.17, 15) is 14.4 Å². The van der Waals surface area contributed by atoms with Gasteiger partial charge in [-0.25, -0.2) is 4.79 Å². The summed E-state index contributed by atoms with van der Waals surface area (Å²) in [5, 5.41) is 2.88. The normalized spacial score (nSPS) is 18.6. The van der Waals surface area contributed by atoms with Crippen LogP contribution in [0, 0.1) is 0 Å². The van der Waals surface area contributed by atoms with Crippen LogP contribution in [0.5, 0.6) is 0 Å². The maximum Gasteiger partial charge on any atom is 0.354 e. The van der Waals surface area contributed by atoms with Gasteiger partial charge in [-0.2, -0.15) is 0 Å². The van der Waals surface area contributed by atoms with Crippen molar-refractivity contribution in [2.45, 2.75) is 25.3 Å². The van der Waals surface area contributed by atoms with Gasteiger partial charge in [0.1, 0.15) is 16.9 Å². The van der Waals surface area contributed by atoms with Gasteiger partial charge in [0.15, 0.2) is 0 Å². The van der Waals surface area contributed by atoms with E-state index < -0.39 is 11.5 Å². The van der Waals surface area contributed by atoms with Crippen molar-refractivity contribution in [2.24, 2.45) is 4.99 Å². The van der Waals surface area contributed by atoms with Gasteiger partial charge in [-0.3, -0.25) is 14.6 Å². The second kappa shape index (κ2) is 7.33. The molecule has 1 aliphatic rings. The topological polar surface area (TPSA) is 104 Å². The zero-order chi connectivity index (χ0) is 18.6. The van der Waals surface area contributed by atoms with Gasteiger partial charge in [-0.05, 0) is 18.6 Å². The van der Waals surface area contributed by atoms with Crippen LogP contribution < -0.4 is 5.32 Å². The third-order valence-corrected chi connectivity index (χ3v) is 3.80. The van der Waals surface area contributed by atoms with Crippen molar-refractivity contribution in [1.82, 2.24) is 15.2 Å². The molecule has 2 N–H and O–H groups in total. The van der Waals surface area contributed by atoms with E-state index >= 15 is 0 Å². The number of hydrogen-bond donors (Lipinski definition) is 2. The summed E-state index contributed by atoms with van der Waals surface area (Å²) >= 11 is 0. The number of esters is 1. The minimum atomic E-state index is -1.18. The SMILES string of the molecule is CCCC(=O)NC1(c2cc[nH]c2C(=O)OC)C=NC(C(=O)N(C)C)=C1. The Morgan fingerprint density at radius 3 is 2.68 bits per heavy atom. The monoisotopic (exact) mass is 346 g/mol. The number of nitrogens with one attached hydrogen (secondary N) is 2. The summed E-state index contributed by atoms with van der Waals surface area (Å²) < 4.78 is 4.78. The van der Waals surface area contributed by atoms with Crippen molar-refractivity contribution in [3.63, 3.8) is 0 Å². The molecule has 1 aromatic rings. The second-order valence-electron chi connectivity index (χ2n) is 5.91. The summed E-state index contributed by atoms with van der Waals surface area (Å²) in [6, 6.07) is 1.66. The number of aliphatic imine (C=N–C) groups is 1. The predicted molar refractivity (Wildman–Crippen MR) is 92.1 cm³/mol. The molecule has 2 amide bonds. The molecule has 0 bridgehead atoms. The molecule has 2 heterocycles. The zero-order valence-electron chi connectivity index (χ0n) is 14.8. The van der Waals surface area contributed by atoms with Gasteiger partial charge in [-0.15, -0.1) is 0 Å². The fourth-order valence-corrected chi connectivity index (χ4v) is 2.60. The van der Waals surface area contributed by atoms with Crippen LogP contribution in [0.1, 0.15) is 35.8 Å². The molecule has 0 saturated carbocycles. The molecule has 2 rings (SSSR count). The number of amides is 2. The zero-order valence-corrected chi connectivity index (χ0v) is 14.8. The lowest BCUT2D eigenvalue weighted by molar-refractivity contribution is -0.125.